The van der Waals surface area contributed by atoms with Crippen LogP contribution < -0.4 is 10.8 Å². The summed E-state index contributed by atoms with van der Waals surface area (Å²) in [5.41, 5.74) is 7.55. The van der Waals surface area contributed by atoms with E-state index in [1.807, 2.05) is 28.8 Å². The minimum Gasteiger partial charge on any atom is -0.416 e. The van der Waals surface area contributed by atoms with E-state index in [1.54, 1.807) is 6.92 Å². The van der Waals surface area contributed by atoms with E-state index in [0.29, 0.717) is 5.76 Å². The summed E-state index contributed by atoms with van der Waals surface area (Å²) in [6, 6.07) is 24.8. The molecule has 182 valence electrons. The second-order valence-electron chi connectivity index (χ2n) is 9.84. The minimum absolute atomic E-state index is 0.375. The van der Waals surface area contributed by atoms with Crippen LogP contribution in [-0.2, 0) is 10.3 Å². The second-order valence-corrected chi connectivity index (χ2v) is 9.84. The molecule has 1 fully saturated rings. The predicted octanol–water partition coefficient (Wildman–Crippen LogP) is 5.11. The summed E-state index contributed by atoms with van der Waals surface area (Å²) in [7, 11) is 2.07. The van der Waals surface area contributed by atoms with Crippen LogP contribution in [0.1, 0.15) is 31.7 Å². The Kier molecular flexibility index (Phi) is 5.56. The van der Waals surface area contributed by atoms with Crippen LogP contribution in [-0.4, -0.2) is 28.5 Å². The van der Waals surface area contributed by atoms with Gasteiger partial charge in [0, 0.05) is 22.7 Å². The SMILES string of the molecule is Bc1cccc2c1nn1cc(-c3ccccc3)c(-c3ccc(C4(NC(=O)OC(=C)C)CCC4)cc3)nc21. The maximum absolute atomic E-state index is 12.3. The van der Waals surface area contributed by atoms with E-state index < -0.39 is 11.6 Å². The van der Waals surface area contributed by atoms with Gasteiger partial charge in [-0.2, -0.15) is 5.10 Å². The molecule has 1 saturated carbocycles. The summed E-state index contributed by atoms with van der Waals surface area (Å²) < 4.78 is 7.06. The zero-order valence-electron chi connectivity index (χ0n) is 21.0. The van der Waals surface area contributed by atoms with Crippen molar-refractivity contribution in [2.75, 3.05) is 0 Å². The quantitative estimate of drug-likeness (QED) is 0.277. The average Bonchev–Trinajstić information content (AvgIpc) is 3.25. The Morgan fingerprint density at radius 3 is 2.46 bits per heavy atom. The molecule has 6 rings (SSSR count). The van der Waals surface area contributed by atoms with Gasteiger partial charge in [-0.25, -0.2) is 14.3 Å². The zero-order chi connectivity index (χ0) is 25.6. The first-order valence-corrected chi connectivity index (χ1v) is 12.5. The molecule has 7 heteroatoms. The topological polar surface area (TPSA) is 68.5 Å². The number of rotatable bonds is 5. The predicted molar refractivity (Wildman–Crippen MR) is 150 cm³/mol. The summed E-state index contributed by atoms with van der Waals surface area (Å²) in [5, 5.41) is 8.95. The van der Waals surface area contributed by atoms with Gasteiger partial charge in [0.2, 0.25) is 0 Å². The lowest BCUT2D eigenvalue weighted by atomic mass is 9.71. The van der Waals surface area contributed by atoms with Gasteiger partial charge in [-0.1, -0.05) is 78.8 Å². The lowest BCUT2D eigenvalue weighted by Crippen LogP contribution is -2.50. The van der Waals surface area contributed by atoms with Gasteiger partial charge in [0.15, 0.2) is 5.65 Å². The van der Waals surface area contributed by atoms with E-state index in [0.717, 1.165) is 69.2 Å². The highest BCUT2D eigenvalue weighted by atomic mass is 16.6. The van der Waals surface area contributed by atoms with Crippen LogP contribution in [0.15, 0.2) is 91.3 Å². The molecule has 1 N–H and O–H groups in total. The van der Waals surface area contributed by atoms with Crippen molar-refractivity contribution in [3.63, 3.8) is 0 Å². The van der Waals surface area contributed by atoms with Crippen LogP contribution in [0.25, 0.3) is 38.9 Å². The van der Waals surface area contributed by atoms with Crippen molar-refractivity contribution >= 4 is 36.0 Å². The van der Waals surface area contributed by atoms with Gasteiger partial charge in [-0.15, -0.1) is 0 Å². The number of aromatic nitrogens is 3. The van der Waals surface area contributed by atoms with Gasteiger partial charge >= 0.3 is 6.09 Å². The first-order valence-electron chi connectivity index (χ1n) is 12.5. The molecule has 2 heterocycles. The smallest absolute Gasteiger partial charge is 0.412 e. The summed E-state index contributed by atoms with van der Waals surface area (Å²) in [6.07, 6.45) is 4.41. The molecule has 2 aromatic heterocycles. The molecule has 0 spiro atoms. The Morgan fingerprint density at radius 1 is 1.03 bits per heavy atom. The molecule has 0 unspecified atom stereocenters. The van der Waals surface area contributed by atoms with Gasteiger partial charge in [0.25, 0.3) is 0 Å². The van der Waals surface area contributed by atoms with Crippen LogP contribution in [0.4, 0.5) is 4.79 Å². The van der Waals surface area contributed by atoms with Crippen molar-refractivity contribution in [1.29, 1.82) is 0 Å². The molecular formula is C30H27BN4O2. The molecule has 0 aliphatic heterocycles. The van der Waals surface area contributed by atoms with Gasteiger partial charge < -0.3 is 10.1 Å². The molecule has 1 amide bonds. The van der Waals surface area contributed by atoms with Crippen molar-refractivity contribution in [3.8, 4) is 22.4 Å². The van der Waals surface area contributed by atoms with Crippen molar-refractivity contribution in [2.24, 2.45) is 0 Å². The lowest BCUT2D eigenvalue weighted by molar-refractivity contribution is 0.132. The van der Waals surface area contributed by atoms with Gasteiger partial charge in [0.1, 0.15) is 7.85 Å². The Hall–Kier alpha value is -4.39. The van der Waals surface area contributed by atoms with E-state index in [1.165, 1.54) is 0 Å². The lowest BCUT2D eigenvalue weighted by Gasteiger charge is -2.42. The van der Waals surface area contributed by atoms with Gasteiger partial charge in [-0.3, -0.25) is 0 Å². The summed E-state index contributed by atoms with van der Waals surface area (Å²) in [4.78, 5) is 17.5. The fourth-order valence-electron chi connectivity index (χ4n) is 5.19. The maximum Gasteiger partial charge on any atom is 0.412 e. The van der Waals surface area contributed by atoms with E-state index >= 15 is 0 Å². The summed E-state index contributed by atoms with van der Waals surface area (Å²) in [5.74, 6) is 0.375. The highest BCUT2D eigenvalue weighted by Gasteiger charge is 2.40. The molecule has 0 atom stereocenters. The molecule has 1 aliphatic carbocycles. The van der Waals surface area contributed by atoms with E-state index in [-0.39, 0.29) is 0 Å². The van der Waals surface area contributed by atoms with Crippen molar-refractivity contribution in [2.45, 2.75) is 31.7 Å². The Balaban J connectivity index is 1.45. The van der Waals surface area contributed by atoms with E-state index in [9.17, 15) is 4.79 Å². The number of hydrogen-bond acceptors (Lipinski definition) is 4. The number of carbonyl (C=O) groups excluding carboxylic acids is 1. The number of benzene rings is 3. The highest BCUT2D eigenvalue weighted by Crippen LogP contribution is 2.42. The largest absolute Gasteiger partial charge is 0.416 e. The van der Waals surface area contributed by atoms with Crippen LogP contribution in [0.5, 0.6) is 0 Å². The van der Waals surface area contributed by atoms with E-state index in [4.69, 9.17) is 14.8 Å². The van der Waals surface area contributed by atoms with Crippen LogP contribution in [0, 0.1) is 0 Å². The fraction of sp³-hybridized carbons (Fsp3) is 0.167. The second kappa shape index (κ2) is 8.93. The molecular weight excluding hydrogens is 459 g/mol. The number of nitrogens with one attached hydrogen (secondary N) is 1. The third-order valence-electron chi connectivity index (χ3n) is 7.24. The standard InChI is InChI=1S/C30H27BN4O2/c1-19(2)37-29(36)33-30(16-7-17-30)22-14-12-21(13-15-22)26-24(20-8-4-3-5-9-20)18-35-28(32-26)23-10-6-11-25(31)27(23)34-35/h3-6,8-15,18H,1,7,16-17,31H2,2H3,(H,33,36). The normalized spacial score (nSPS) is 14.3. The molecule has 0 saturated heterocycles. The number of alkyl carbamates (subject to hydrolysis) is 1. The van der Waals surface area contributed by atoms with Gasteiger partial charge in [0.05, 0.1) is 22.5 Å². The molecule has 5 aromatic rings. The number of carbonyl (C=O) groups is 1. The summed E-state index contributed by atoms with van der Waals surface area (Å²) in [6.45, 7) is 5.33. The van der Waals surface area contributed by atoms with Crippen molar-refractivity contribution in [1.82, 2.24) is 19.9 Å². The molecule has 6 nitrogen and oxygen atoms in total. The third kappa shape index (κ3) is 4.06. The summed E-state index contributed by atoms with van der Waals surface area (Å²) >= 11 is 0. The van der Waals surface area contributed by atoms with Gasteiger partial charge in [-0.05, 0) is 43.4 Å². The monoisotopic (exact) mass is 486 g/mol. The number of ether oxygens (including phenoxy) is 1. The molecule has 0 bridgehead atoms. The minimum atomic E-state index is -0.460. The molecule has 3 aromatic carbocycles. The number of hydrogen-bond donors (Lipinski definition) is 1. The van der Waals surface area contributed by atoms with Crippen LogP contribution in [0.2, 0.25) is 0 Å². The number of allylic oxidation sites excluding steroid dienone is 1. The van der Waals surface area contributed by atoms with Crippen LogP contribution in [0.3, 0.4) is 0 Å². The fourth-order valence-corrected chi connectivity index (χ4v) is 5.19. The molecule has 37 heavy (non-hydrogen) atoms. The van der Waals surface area contributed by atoms with E-state index in [2.05, 4.69) is 74.5 Å². The molecule has 1 aliphatic rings. The average molecular weight is 486 g/mol. The van der Waals surface area contributed by atoms with Crippen LogP contribution >= 0.6 is 0 Å². The Morgan fingerprint density at radius 2 is 1.78 bits per heavy atom. The third-order valence-corrected chi connectivity index (χ3v) is 7.24. The van der Waals surface area contributed by atoms with Crippen molar-refractivity contribution < 1.29 is 9.53 Å². The van der Waals surface area contributed by atoms with Crippen molar-refractivity contribution in [3.05, 3.63) is 96.9 Å². The number of amides is 1. The maximum atomic E-state index is 12.3. The highest BCUT2D eigenvalue weighted by molar-refractivity contribution is 6.38. The number of fused-ring (bicyclic) bond motifs is 3. The number of nitrogens with zero attached hydrogens (tertiary/aromatic N) is 3. The Labute approximate surface area is 216 Å². The zero-order valence-corrected chi connectivity index (χ0v) is 21.0. The Bertz CT molecular complexity index is 1650. The first kappa shape index (κ1) is 23.0. The first-order chi connectivity index (χ1) is 17.9. The molecule has 0 radical (unpaired) electrons.